The van der Waals surface area contributed by atoms with Gasteiger partial charge in [-0.2, -0.15) is 0 Å². The van der Waals surface area contributed by atoms with Crippen LogP contribution in [0.2, 0.25) is 0 Å². The summed E-state index contributed by atoms with van der Waals surface area (Å²) in [5, 5.41) is 0. The molecule has 2 heteroatoms. The van der Waals surface area contributed by atoms with Crippen LogP contribution in [-0.2, 0) is 0 Å². The fourth-order valence-electron chi connectivity index (χ4n) is 1.29. The summed E-state index contributed by atoms with van der Waals surface area (Å²) in [6, 6.07) is 1.84. The van der Waals surface area contributed by atoms with Crippen LogP contribution >= 0.6 is 0 Å². The van der Waals surface area contributed by atoms with Gasteiger partial charge in [-0.1, -0.05) is 24.8 Å². The molecule has 0 spiro atoms. The van der Waals surface area contributed by atoms with E-state index in [-0.39, 0.29) is 5.78 Å². The van der Waals surface area contributed by atoms with Crippen LogP contribution in [0.15, 0.2) is 24.9 Å². The van der Waals surface area contributed by atoms with Crippen molar-refractivity contribution < 1.29 is 4.79 Å². The van der Waals surface area contributed by atoms with Crippen molar-refractivity contribution in [2.45, 2.75) is 13.8 Å². The quantitative estimate of drug-likeness (QED) is 0.681. The van der Waals surface area contributed by atoms with E-state index < -0.39 is 0 Å². The highest BCUT2D eigenvalue weighted by molar-refractivity contribution is 5.96. The van der Waals surface area contributed by atoms with Gasteiger partial charge in [0.05, 0.1) is 0 Å². The lowest BCUT2D eigenvalue weighted by molar-refractivity contribution is 0.101. The Labute approximate surface area is 84.0 Å². The number of nitrogens with zero attached hydrogens (tertiary/aromatic N) is 1. The van der Waals surface area contributed by atoms with E-state index in [4.69, 9.17) is 0 Å². The van der Waals surface area contributed by atoms with Crippen LogP contribution in [0.3, 0.4) is 0 Å². The zero-order valence-electron chi connectivity index (χ0n) is 8.45. The van der Waals surface area contributed by atoms with E-state index in [9.17, 15) is 4.79 Å². The Balaban J connectivity index is 3.42. The predicted octanol–water partition coefficient (Wildman–Crippen LogP) is 2.96. The minimum Gasteiger partial charge on any atom is -0.293 e. The summed E-state index contributed by atoms with van der Waals surface area (Å²) in [4.78, 5) is 15.3. The molecule has 0 unspecified atom stereocenters. The number of ketones is 1. The molecule has 0 saturated heterocycles. The minimum atomic E-state index is -0.0261. The van der Waals surface area contributed by atoms with Crippen molar-refractivity contribution in [1.82, 2.24) is 4.98 Å². The van der Waals surface area contributed by atoms with Crippen LogP contribution in [0, 0.1) is 0 Å². The average molecular weight is 187 g/mol. The summed E-state index contributed by atoms with van der Waals surface area (Å²) in [5.74, 6) is -0.0261. The van der Waals surface area contributed by atoms with Gasteiger partial charge in [0.1, 0.15) is 5.69 Å². The van der Waals surface area contributed by atoms with Crippen molar-refractivity contribution >= 4 is 17.9 Å². The Morgan fingerprint density at radius 3 is 2.79 bits per heavy atom. The highest BCUT2D eigenvalue weighted by Gasteiger charge is 2.08. The molecule has 0 saturated carbocycles. The largest absolute Gasteiger partial charge is 0.293 e. The lowest BCUT2D eigenvalue weighted by atomic mass is 10.0. The molecule has 2 nitrogen and oxygen atoms in total. The van der Waals surface area contributed by atoms with Gasteiger partial charge in [0.15, 0.2) is 5.78 Å². The molecule has 0 amide bonds. The Bertz CT molecular complexity index is 391. The van der Waals surface area contributed by atoms with E-state index in [1.54, 1.807) is 12.3 Å². The van der Waals surface area contributed by atoms with Gasteiger partial charge in [0.25, 0.3) is 0 Å². The smallest absolute Gasteiger partial charge is 0.178 e. The molecular weight excluding hydrogens is 174 g/mol. The molecule has 0 atom stereocenters. The first-order valence-corrected chi connectivity index (χ1v) is 4.45. The molecule has 0 aromatic carbocycles. The Hall–Kier alpha value is -1.70. The molecule has 1 heterocycles. The number of carbonyl (C=O) groups is 1. The highest BCUT2D eigenvalue weighted by atomic mass is 16.1. The number of allylic oxidation sites excluding steroid dienone is 1. The first-order chi connectivity index (χ1) is 6.70. The van der Waals surface area contributed by atoms with E-state index >= 15 is 0 Å². The van der Waals surface area contributed by atoms with Crippen LogP contribution in [0.5, 0.6) is 0 Å². The molecule has 14 heavy (non-hydrogen) atoms. The van der Waals surface area contributed by atoms with Gasteiger partial charge in [-0.3, -0.25) is 9.78 Å². The fraction of sp³-hybridized carbons (Fsp3) is 0.167. The van der Waals surface area contributed by atoms with Gasteiger partial charge >= 0.3 is 0 Å². The Kier molecular flexibility index (Phi) is 3.35. The summed E-state index contributed by atoms with van der Waals surface area (Å²) in [6.45, 7) is 7.12. The maximum absolute atomic E-state index is 11.3. The summed E-state index contributed by atoms with van der Waals surface area (Å²) in [6.07, 6.45) is 7.11. The number of rotatable bonds is 3. The fourth-order valence-corrected chi connectivity index (χ4v) is 1.29. The van der Waals surface area contributed by atoms with Crippen LogP contribution in [-0.4, -0.2) is 10.8 Å². The second-order valence-electron chi connectivity index (χ2n) is 2.92. The maximum Gasteiger partial charge on any atom is 0.178 e. The summed E-state index contributed by atoms with van der Waals surface area (Å²) >= 11 is 0. The number of hydrogen-bond donors (Lipinski definition) is 0. The number of carbonyl (C=O) groups excluding carboxylic acids is 1. The Morgan fingerprint density at radius 2 is 2.29 bits per heavy atom. The third kappa shape index (κ3) is 1.96. The zero-order chi connectivity index (χ0) is 10.6. The minimum absolute atomic E-state index is 0.0261. The van der Waals surface area contributed by atoms with Gasteiger partial charge < -0.3 is 0 Å². The monoisotopic (exact) mass is 187 g/mol. The van der Waals surface area contributed by atoms with Crippen LogP contribution < -0.4 is 0 Å². The van der Waals surface area contributed by atoms with Gasteiger partial charge in [-0.15, -0.1) is 0 Å². The van der Waals surface area contributed by atoms with E-state index in [2.05, 4.69) is 11.6 Å². The zero-order valence-corrected chi connectivity index (χ0v) is 8.45. The molecular formula is C12H13NO. The molecule has 0 aliphatic heterocycles. The average Bonchev–Trinajstić information content (AvgIpc) is 2.18. The molecule has 0 N–H and O–H groups in total. The standard InChI is InChI=1S/C12H13NO/c1-4-6-11-10(5-2)7-8-13-12(11)9(3)14/h4-8H,2H2,1,3H3/b6-4-. The third-order valence-electron chi connectivity index (χ3n) is 1.91. The molecule has 1 aromatic rings. The van der Waals surface area contributed by atoms with E-state index in [0.29, 0.717) is 5.69 Å². The topological polar surface area (TPSA) is 30.0 Å². The van der Waals surface area contributed by atoms with Crippen molar-refractivity contribution in [1.29, 1.82) is 0 Å². The molecule has 0 bridgehead atoms. The summed E-state index contributed by atoms with van der Waals surface area (Å²) in [7, 11) is 0. The van der Waals surface area contributed by atoms with Crippen molar-refractivity contribution in [3.63, 3.8) is 0 Å². The first-order valence-electron chi connectivity index (χ1n) is 4.45. The van der Waals surface area contributed by atoms with Gasteiger partial charge in [0.2, 0.25) is 0 Å². The molecule has 72 valence electrons. The molecule has 0 aliphatic rings. The number of Topliss-reactive ketones (excluding diaryl/α,β-unsaturated/α-hetero) is 1. The summed E-state index contributed by atoms with van der Waals surface area (Å²) < 4.78 is 0. The predicted molar refractivity (Wildman–Crippen MR) is 59.0 cm³/mol. The molecule has 0 radical (unpaired) electrons. The van der Waals surface area contributed by atoms with E-state index in [1.165, 1.54) is 6.92 Å². The van der Waals surface area contributed by atoms with Crippen molar-refractivity contribution in [2.24, 2.45) is 0 Å². The lowest BCUT2D eigenvalue weighted by Gasteiger charge is -2.04. The highest BCUT2D eigenvalue weighted by Crippen LogP contribution is 2.16. The Morgan fingerprint density at radius 1 is 1.57 bits per heavy atom. The first kappa shape index (κ1) is 10.4. The van der Waals surface area contributed by atoms with Crippen LogP contribution in [0.25, 0.3) is 12.2 Å². The van der Waals surface area contributed by atoms with Crippen molar-refractivity contribution in [3.05, 3.63) is 41.7 Å². The van der Waals surface area contributed by atoms with Crippen molar-refractivity contribution in [2.75, 3.05) is 0 Å². The summed E-state index contributed by atoms with van der Waals surface area (Å²) in [5.41, 5.74) is 2.28. The molecule has 0 aliphatic carbocycles. The van der Waals surface area contributed by atoms with E-state index in [0.717, 1.165) is 11.1 Å². The molecule has 1 rings (SSSR count). The van der Waals surface area contributed by atoms with Gasteiger partial charge in [-0.05, 0) is 18.6 Å². The SMILES string of the molecule is C=Cc1ccnc(C(C)=O)c1/C=C\C. The number of pyridine rings is 1. The number of hydrogen-bond acceptors (Lipinski definition) is 2. The van der Waals surface area contributed by atoms with Crippen molar-refractivity contribution in [3.8, 4) is 0 Å². The molecule has 1 aromatic heterocycles. The number of aromatic nitrogens is 1. The second kappa shape index (κ2) is 4.51. The van der Waals surface area contributed by atoms with Crippen LogP contribution in [0.1, 0.15) is 35.5 Å². The van der Waals surface area contributed by atoms with Gasteiger partial charge in [0, 0.05) is 18.7 Å². The van der Waals surface area contributed by atoms with E-state index in [1.807, 2.05) is 25.1 Å². The molecule has 0 fully saturated rings. The second-order valence-corrected chi connectivity index (χ2v) is 2.92. The lowest BCUT2D eigenvalue weighted by Crippen LogP contribution is -2.01. The van der Waals surface area contributed by atoms with Crippen LogP contribution in [0.4, 0.5) is 0 Å². The third-order valence-corrected chi connectivity index (χ3v) is 1.91. The maximum atomic E-state index is 11.3. The normalized spacial score (nSPS) is 10.4. The van der Waals surface area contributed by atoms with Gasteiger partial charge in [-0.25, -0.2) is 0 Å².